The number of ether oxygens (including phenoxy) is 2. The van der Waals surface area contributed by atoms with Crippen molar-refractivity contribution in [2.24, 2.45) is 0 Å². The summed E-state index contributed by atoms with van der Waals surface area (Å²) in [4.78, 5) is 24.7. The van der Waals surface area contributed by atoms with Crippen LogP contribution in [0.3, 0.4) is 0 Å². The summed E-state index contributed by atoms with van der Waals surface area (Å²) in [6.07, 6.45) is 1.66. The fourth-order valence-electron chi connectivity index (χ4n) is 2.56. The number of thioether (sulfide) groups is 1. The molecule has 150 valence electrons. The third-order valence-electron chi connectivity index (χ3n) is 3.96. The summed E-state index contributed by atoms with van der Waals surface area (Å²) in [5, 5.41) is 8.92. The second-order valence-corrected chi connectivity index (χ2v) is 8.91. The number of carbonyl (C=O) groups excluding carboxylic acids is 1. The van der Waals surface area contributed by atoms with E-state index in [1.807, 2.05) is 24.3 Å². The number of halogens is 1. The smallest absolute Gasteiger partial charge is 0.323 e. The van der Waals surface area contributed by atoms with Crippen molar-refractivity contribution in [2.45, 2.75) is 6.61 Å². The Morgan fingerprint density at radius 3 is 2.62 bits per heavy atom. The highest BCUT2D eigenvalue weighted by atomic mass is 127. The minimum atomic E-state index is -1.11. The average molecular weight is 541 g/mol. The van der Waals surface area contributed by atoms with Gasteiger partial charge in [-0.05, 0) is 64.1 Å². The van der Waals surface area contributed by atoms with E-state index in [9.17, 15) is 9.59 Å². The van der Waals surface area contributed by atoms with Gasteiger partial charge in [-0.1, -0.05) is 42.2 Å². The monoisotopic (exact) mass is 541 g/mol. The summed E-state index contributed by atoms with van der Waals surface area (Å²) in [5.74, 6) is -0.411. The van der Waals surface area contributed by atoms with E-state index in [-0.39, 0.29) is 4.32 Å². The van der Waals surface area contributed by atoms with Crippen LogP contribution in [0.2, 0.25) is 0 Å². The lowest BCUT2D eigenvalue weighted by molar-refractivity contribution is -0.140. The molecule has 1 fully saturated rings. The van der Waals surface area contributed by atoms with Gasteiger partial charge in [0.2, 0.25) is 0 Å². The number of carboxylic acids is 1. The number of methoxy groups -OCH3 is 1. The lowest BCUT2D eigenvalue weighted by atomic mass is 10.1. The van der Waals surface area contributed by atoms with Crippen molar-refractivity contribution in [1.82, 2.24) is 4.90 Å². The highest BCUT2D eigenvalue weighted by Crippen LogP contribution is 2.34. The molecule has 1 aliphatic rings. The molecule has 0 unspecified atom stereocenters. The first kappa shape index (κ1) is 21.6. The number of rotatable bonds is 7. The molecular formula is C20H16INO5S2. The number of thiocarbonyl (C=S) groups is 1. The molecule has 1 amide bonds. The topological polar surface area (TPSA) is 76.1 Å². The van der Waals surface area contributed by atoms with Gasteiger partial charge in [0, 0.05) is 3.57 Å². The molecule has 0 aromatic heterocycles. The van der Waals surface area contributed by atoms with E-state index < -0.39 is 18.4 Å². The Morgan fingerprint density at radius 2 is 1.97 bits per heavy atom. The molecule has 0 radical (unpaired) electrons. The van der Waals surface area contributed by atoms with E-state index in [0.29, 0.717) is 23.0 Å². The van der Waals surface area contributed by atoms with Gasteiger partial charge in [-0.2, -0.15) is 0 Å². The number of carboxylic acid groups (broad SMARTS) is 1. The lowest BCUT2D eigenvalue weighted by Crippen LogP contribution is -2.33. The Morgan fingerprint density at radius 1 is 1.24 bits per heavy atom. The van der Waals surface area contributed by atoms with Gasteiger partial charge in [-0.15, -0.1) is 0 Å². The lowest BCUT2D eigenvalue weighted by Gasteiger charge is -2.12. The van der Waals surface area contributed by atoms with Crippen molar-refractivity contribution in [3.63, 3.8) is 0 Å². The zero-order valence-corrected chi connectivity index (χ0v) is 19.0. The van der Waals surface area contributed by atoms with E-state index in [4.69, 9.17) is 26.8 Å². The Hall–Kier alpha value is -2.11. The number of nitrogens with zero attached hydrogens (tertiary/aromatic N) is 1. The first-order valence-electron chi connectivity index (χ1n) is 8.40. The predicted octanol–water partition coefficient (Wildman–Crippen LogP) is 4.16. The third kappa shape index (κ3) is 5.49. The van der Waals surface area contributed by atoms with E-state index in [1.165, 1.54) is 0 Å². The Labute approximate surface area is 191 Å². The van der Waals surface area contributed by atoms with Crippen molar-refractivity contribution in [3.8, 4) is 11.5 Å². The molecule has 9 heteroatoms. The highest BCUT2D eigenvalue weighted by Gasteiger charge is 2.33. The second-order valence-electron chi connectivity index (χ2n) is 5.99. The van der Waals surface area contributed by atoms with Crippen LogP contribution in [0.1, 0.15) is 11.1 Å². The number of hydrogen-bond donors (Lipinski definition) is 1. The first-order chi connectivity index (χ1) is 13.9. The van der Waals surface area contributed by atoms with E-state index in [2.05, 4.69) is 22.6 Å². The SMILES string of the molecule is COc1cc(/C=C2/SC(=S)N(CC(=O)O)C2=O)ccc1OCc1ccc(I)cc1. The Balaban J connectivity index is 1.75. The standard InChI is InChI=1S/C20H16INO5S2/c1-26-16-8-13(9-17-19(25)22(10-18(23)24)20(28)29-17)4-7-15(16)27-11-12-2-5-14(21)6-3-12/h2-9H,10-11H2,1H3,(H,23,24)/b17-9+. The molecule has 1 N–H and O–H groups in total. The predicted molar refractivity (Wildman–Crippen MR) is 124 cm³/mol. The maximum atomic E-state index is 12.4. The van der Waals surface area contributed by atoms with Crippen LogP contribution in [0.15, 0.2) is 47.4 Å². The number of benzene rings is 2. The molecule has 6 nitrogen and oxygen atoms in total. The number of carbonyl (C=O) groups is 2. The average Bonchev–Trinajstić information content (AvgIpc) is 2.95. The summed E-state index contributed by atoms with van der Waals surface area (Å²) < 4.78 is 12.7. The number of hydrogen-bond acceptors (Lipinski definition) is 6. The van der Waals surface area contributed by atoms with Gasteiger partial charge >= 0.3 is 5.97 Å². The molecule has 1 saturated heterocycles. The summed E-state index contributed by atoms with van der Waals surface area (Å²) >= 11 is 8.43. The molecule has 2 aromatic carbocycles. The second kappa shape index (κ2) is 9.59. The third-order valence-corrected chi connectivity index (χ3v) is 6.06. The molecule has 2 aromatic rings. The van der Waals surface area contributed by atoms with Crippen molar-refractivity contribution < 1.29 is 24.2 Å². The largest absolute Gasteiger partial charge is 0.493 e. The first-order valence-corrected chi connectivity index (χ1v) is 10.7. The fourth-order valence-corrected chi connectivity index (χ4v) is 4.17. The van der Waals surface area contributed by atoms with Crippen LogP contribution in [0.5, 0.6) is 11.5 Å². The molecule has 0 spiro atoms. The Bertz CT molecular complexity index is 991. The van der Waals surface area contributed by atoms with Gasteiger partial charge in [0.25, 0.3) is 5.91 Å². The maximum Gasteiger partial charge on any atom is 0.323 e. The quantitative estimate of drug-likeness (QED) is 0.321. The minimum Gasteiger partial charge on any atom is -0.493 e. The summed E-state index contributed by atoms with van der Waals surface area (Å²) in [7, 11) is 1.54. The van der Waals surface area contributed by atoms with Gasteiger partial charge in [-0.3, -0.25) is 14.5 Å². The highest BCUT2D eigenvalue weighted by molar-refractivity contribution is 14.1. The molecule has 29 heavy (non-hydrogen) atoms. The van der Waals surface area contributed by atoms with Crippen LogP contribution >= 0.6 is 46.6 Å². The van der Waals surface area contributed by atoms with Crippen LogP contribution < -0.4 is 9.47 Å². The molecular weight excluding hydrogens is 525 g/mol. The zero-order valence-electron chi connectivity index (χ0n) is 15.3. The van der Waals surface area contributed by atoms with Crippen molar-refractivity contribution >= 4 is 68.8 Å². The molecule has 0 bridgehead atoms. The molecule has 1 aliphatic heterocycles. The Kier molecular flexibility index (Phi) is 7.14. The fraction of sp³-hybridized carbons (Fsp3) is 0.150. The van der Waals surface area contributed by atoms with Gasteiger partial charge in [-0.25, -0.2) is 0 Å². The van der Waals surface area contributed by atoms with Crippen LogP contribution in [-0.4, -0.2) is 39.9 Å². The van der Waals surface area contributed by atoms with Crippen LogP contribution in [0.4, 0.5) is 0 Å². The van der Waals surface area contributed by atoms with Crippen molar-refractivity contribution in [2.75, 3.05) is 13.7 Å². The summed E-state index contributed by atoms with van der Waals surface area (Å²) in [6.45, 7) is -0.0445. The number of aliphatic carboxylic acids is 1. The number of amides is 1. The summed E-state index contributed by atoms with van der Waals surface area (Å²) in [6, 6.07) is 13.4. The van der Waals surface area contributed by atoms with Crippen molar-refractivity contribution in [1.29, 1.82) is 0 Å². The van der Waals surface area contributed by atoms with E-state index in [0.717, 1.165) is 31.4 Å². The van der Waals surface area contributed by atoms with Gasteiger partial charge in [0.05, 0.1) is 12.0 Å². The van der Waals surface area contributed by atoms with E-state index in [1.54, 1.807) is 31.4 Å². The molecule has 3 rings (SSSR count). The van der Waals surface area contributed by atoms with Crippen molar-refractivity contribution in [3.05, 3.63) is 62.1 Å². The van der Waals surface area contributed by atoms with Gasteiger partial charge < -0.3 is 14.6 Å². The van der Waals surface area contributed by atoms with Crippen LogP contribution in [0, 0.1) is 3.57 Å². The van der Waals surface area contributed by atoms with Crippen LogP contribution in [-0.2, 0) is 16.2 Å². The van der Waals surface area contributed by atoms with Gasteiger partial charge in [0.1, 0.15) is 17.5 Å². The molecule has 0 saturated carbocycles. The zero-order chi connectivity index (χ0) is 21.0. The maximum absolute atomic E-state index is 12.4. The van der Waals surface area contributed by atoms with Gasteiger partial charge in [0.15, 0.2) is 11.5 Å². The van der Waals surface area contributed by atoms with Crippen LogP contribution in [0.25, 0.3) is 6.08 Å². The van der Waals surface area contributed by atoms with E-state index >= 15 is 0 Å². The molecule has 1 heterocycles. The molecule has 0 atom stereocenters. The molecule has 0 aliphatic carbocycles. The summed E-state index contributed by atoms with van der Waals surface area (Å²) in [5.41, 5.74) is 1.76. The minimum absolute atomic E-state index is 0.230. The normalized spacial score (nSPS) is 15.1.